The van der Waals surface area contributed by atoms with Gasteiger partial charge in [0.2, 0.25) is 0 Å². The summed E-state index contributed by atoms with van der Waals surface area (Å²) in [4.78, 5) is 2.05. The van der Waals surface area contributed by atoms with E-state index in [1.807, 2.05) is 48.1 Å². The van der Waals surface area contributed by atoms with Crippen LogP contribution in [0, 0.1) is 0 Å². The number of anilines is 1. The molecule has 0 bridgehead atoms. The second kappa shape index (κ2) is 4.53. The van der Waals surface area contributed by atoms with Crippen molar-refractivity contribution >= 4 is 32.4 Å². The van der Waals surface area contributed by atoms with Crippen LogP contribution in [0.2, 0.25) is 0 Å². The zero-order valence-electron chi connectivity index (χ0n) is 7.74. The molecule has 0 N–H and O–H groups in total. The largest absolute Gasteiger partial charge is 0.399 e. The summed E-state index contributed by atoms with van der Waals surface area (Å²) in [5.74, 6) is 0. The van der Waals surface area contributed by atoms with Crippen LogP contribution < -0.4 is 9.47 Å². The highest BCUT2D eigenvalue weighted by atomic mass is 35.7. The van der Waals surface area contributed by atoms with Gasteiger partial charge in [0.15, 0.2) is 34.1 Å². The second-order valence-electron chi connectivity index (χ2n) is 2.86. The number of nitrogens with zero attached hydrogens (tertiary/aromatic N) is 2. The zero-order valence-corrected chi connectivity index (χ0v) is 9.39. The van der Waals surface area contributed by atoms with Gasteiger partial charge in [-0.05, 0) is 0 Å². The van der Waals surface area contributed by atoms with Gasteiger partial charge >= 0.3 is 5.03 Å². The van der Waals surface area contributed by atoms with E-state index < -0.39 is 0 Å². The van der Waals surface area contributed by atoms with E-state index in [0.29, 0.717) is 11.0 Å². The Morgan fingerprint density at radius 3 is 2.38 bits per heavy atom. The van der Waals surface area contributed by atoms with Gasteiger partial charge in [0.05, 0.1) is 0 Å². The molecule has 0 aromatic carbocycles. The lowest BCUT2D eigenvalue weighted by Crippen LogP contribution is -2.30. The molecule has 0 aliphatic heterocycles. The van der Waals surface area contributed by atoms with E-state index in [0.717, 1.165) is 10.7 Å². The van der Waals surface area contributed by atoms with Gasteiger partial charge in [0.1, 0.15) is 0 Å². The Bertz CT molecular complexity index is 295. The molecule has 4 heteroatoms. The Labute approximate surface area is 87.3 Å². The van der Waals surface area contributed by atoms with E-state index in [1.54, 1.807) is 0 Å². The van der Waals surface area contributed by atoms with Crippen LogP contribution in [0.3, 0.4) is 0 Å². The van der Waals surface area contributed by atoms with Gasteiger partial charge in [0, 0.05) is 38.5 Å². The molecule has 0 aliphatic rings. The van der Waals surface area contributed by atoms with Crippen LogP contribution in [0.4, 0.5) is 5.69 Å². The Balaban J connectivity index is 2.87. The standard InChI is InChI=1S/C9H12ClN2S/c1-8(13-10)12-6-4-9(5-7-12)11(2)3/h4-7H,1H2,2-3H3/q+1/p+1. The van der Waals surface area contributed by atoms with Crippen molar-refractivity contribution in [1.29, 1.82) is 0 Å². The fourth-order valence-corrected chi connectivity index (χ4v) is 1.41. The highest BCUT2D eigenvalue weighted by molar-refractivity contribution is 8.09. The van der Waals surface area contributed by atoms with Crippen LogP contribution in [0.25, 0.3) is 5.03 Å². The van der Waals surface area contributed by atoms with Crippen molar-refractivity contribution in [2.75, 3.05) is 19.0 Å². The molecule has 0 spiro atoms. The third-order valence-corrected chi connectivity index (χ3v) is 2.74. The molecule has 0 amide bonds. The van der Waals surface area contributed by atoms with Crippen molar-refractivity contribution in [1.82, 2.24) is 0 Å². The van der Waals surface area contributed by atoms with Crippen LogP contribution in [0.15, 0.2) is 31.1 Å². The van der Waals surface area contributed by atoms with Gasteiger partial charge in [0.25, 0.3) is 0 Å². The van der Waals surface area contributed by atoms with E-state index >= 15 is 0 Å². The molecule has 1 heterocycles. The summed E-state index contributed by atoms with van der Waals surface area (Å²) in [6, 6.07) is 4.04. The van der Waals surface area contributed by atoms with Gasteiger partial charge < -0.3 is 4.90 Å². The second-order valence-corrected chi connectivity index (χ2v) is 4.05. The summed E-state index contributed by atoms with van der Waals surface area (Å²) in [6.07, 6.45) is 3.90. The molecule has 2 nitrogen and oxygen atoms in total. The molecule has 0 saturated heterocycles. The van der Waals surface area contributed by atoms with E-state index in [2.05, 4.69) is 6.58 Å². The van der Waals surface area contributed by atoms with Crippen LogP contribution >= 0.6 is 10.7 Å². The van der Waals surface area contributed by atoms with E-state index in [-0.39, 0.29) is 0 Å². The first-order chi connectivity index (χ1) is 6.15. The van der Waals surface area contributed by atoms with Crippen LogP contribution in [-0.4, -0.2) is 14.1 Å². The summed E-state index contributed by atoms with van der Waals surface area (Å²) < 4.78 is 1.90. The molecule has 1 aromatic heterocycles. The third kappa shape index (κ3) is 2.64. The lowest BCUT2D eigenvalue weighted by Gasteiger charge is -2.09. The number of pyridine rings is 1. The molecule has 0 fully saturated rings. The summed E-state index contributed by atoms with van der Waals surface area (Å²) in [5.41, 5.74) is 1.16. The maximum atomic E-state index is 5.63. The zero-order chi connectivity index (χ0) is 9.84. The molecule has 1 aromatic rings. The molecular weight excluding hydrogens is 204 g/mol. The minimum Gasteiger partial charge on any atom is -0.377 e. The van der Waals surface area contributed by atoms with Gasteiger partial charge in [-0.25, -0.2) is 0 Å². The Morgan fingerprint density at radius 1 is 1.46 bits per heavy atom. The fourth-order valence-electron chi connectivity index (χ4n) is 0.932. The van der Waals surface area contributed by atoms with Crippen molar-refractivity contribution in [2.24, 2.45) is 0 Å². The highest BCUT2D eigenvalue weighted by Gasteiger charge is 2.13. The normalized spacial score (nSPS) is 9.77. The first-order valence-electron chi connectivity index (χ1n) is 3.85. The summed E-state index contributed by atoms with van der Waals surface area (Å²) in [6.45, 7) is 3.82. The Morgan fingerprint density at radius 2 is 2.00 bits per heavy atom. The minimum atomic E-state index is 0.673. The van der Waals surface area contributed by atoms with E-state index in [4.69, 9.17) is 10.7 Å². The predicted molar refractivity (Wildman–Crippen MR) is 60.9 cm³/mol. The van der Waals surface area contributed by atoms with Crippen molar-refractivity contribution in [3.05, 3.63) is 31.1 Å². The number of halogens is 1. The predicted octanol–water partition coefficient (Wildman–Crippen LogP) is 1.44. The van der Waals surface area contributed by atoms with Crippen LogP contribution in [0.1, 0.15) is 0 Å². The number of rotatable bonds is 3. The van der Waals surface area contributed by atoms with Gasteiger partial charge in [-0.15, -0.1) is 4.57 Å². The molecule has 0 radical (unpaired) electrons. The molecule has 0 saturated carbocycles. The topological polar surface area (TPSA) is 7.12 Å². The summed E-state index contributed by atoms with van der Waals surface area (Å²) in [7, 11) is 10.3. The lowest BCUT2D eigenvalue weighted by molar-refractivity contribution is -0.572. The maximum Gasteiger partial charge on any atom is 0.399 e. The molecule has 70 valence electrons. The number of thiol groups is 1. The average Bonchev–Trinajstić information content (AvgIpc) is 2.17. The molecule has 0 unspecified atom stereocenters. The monoisotopic (exact) mass is 216 g/mol. The first kappa shape index (κ1) is 10.4. The Kier molecular flexibility index (Phi) is 3.63. The molecule has 0 atom stereocenters. The van der Waals surface area contributed by atoms with Gasteiger partial charge in [-0.3, -0.25) is 0 Å². The van der Waals surface area contributed by atoms with Crippen molar-refractivity contribution < 1.29 is 4.57 Å². The summed E-state index contributed by atoms with van der Waals surface area (Å²) in [5, 5.41) is 0.854. The van der Waals surface area contributed by atoms with Crippen LogP contribution in [0.5, 0.6) is 0 Å². The van der Waals surface area contributed by atoms with Crippen molar-refractivity contribution in [3.63, 3.8) is 0 Å². The molecule has 1 rings (SSSR count). The SMILES string of the molecule is C=C([SH+]Cl)[n+]1ccc(N(C)C)cc1. The van der Waals surface area contributed by atoms with Crippen molar-refractivity contribution in [3.8, 4) is 0 Å². The summed E-state index contributed by atoms with van der Waals surface area (Å²) >= 11 is 0. The molecular formula is C9H13ClN2S+2. The van der Waals surface area contributed by atoms with Gasteiger partial charge in [-0.1, -0.05) is 0 Å². The van der Waals surface area contributed by atoms with E-state index in [1.165, 1.54) is 0 Å². The quantitative estimate of drug-likeness (QED) is 0.421. The minimum absolute atomic E-state index is 0.673. The molecule has 13 heavy (non-hydrogen) atoms. The Hall–Kier alpha value is -0.670. The number of hydrogen-bond acceptors (Lipinski definition) is 1. The average molecular weight is 217 g/mol. The third-order valence-electron chi connectivity index (χ3n) is 1.72. The lowest BCUT2D eigenvalue weighted by atomic mass is 10.4. The van der Waals surface area contributed by atoms with Gasteiger partial charge in [-0.2, -0.15) is 0 Å². The molecule has 0 aliphatic carbocycles. The van der Waals surface area contributed by atoms with E-state index in [9.17, 15) is 0 Å². The van der Waals surface area contributed by atoms with Crippen LogP contribution in [-0.2, 0) is 11.0 Å². The van der Waals surface area contributed by atoms with Crippen molar-refractivity contribution in [2.45, 2.75) is 0 Å². The fraction of sp³-hybridized carbons (Fsp3) is 0.222. The number of aromatic nitrogens is 1. The highest BCUT2D eigenvalue weighted by Crippen LogP contribution is 2.07. The number of hydrogen-bond donors (Lipinski definition) is 0. The first-order valence-corrected chi connectivity index (χ1v) is 5.65. The maximum absolute atomic E-state index is 5.63. The smallest absolute Gasteiger partial charge is 0.377 e.